The van der Waals surface area contributed by atoms with Gasteiger partial charge in [-0.1, -0.05) is 29.8 Å². The molecule has 1 atom stereocenters. The lowest BCUT2D eigenvalue weighted by Gasteiger charge is -2.13. The Morgan fingerprint density at radius 3 is 2.81 bits per heavy atom. The van der Waals surface area contributed by atoms with Crippen molar-refractivity contribution in [3.05, 3.63) is 51.7 Å². The Hall–Kier alpha value is -2.12. The molecule has 2 aromatic rings. The Balaban J connectivity index is 1.91. The van der Waals surface area contributed by atoms with Gasteiger partial charge in [0.2, 0.25) is 5.91 Å². The molecule has 8 heteroatoms. The number of benzene rings is 1. The Kier molecular flexibility index (Phi) is 4.77. The van der Waals surface area contributed by atoms with E-state index in [2.05, 4.69) is 10.4 Å². The summed E-state index contributed by atoms with van der Waals surface area (Å²) in [4.78, 5) is 23.3. The number of nitrogens with one attached hydrogen (secondary N) is 1. The lowest BCUT2D eigenvalue weighted by molar-refractivity contribution is -0.122. The van der Waals surface area contributed by atoms with Crippen LogP contribution in [0.3, 0.4) is 0 Å². The highest BCUT2D eigenvalue weighted by Gasteiger charge is 2.13. The van der Waals surface area contributed by atoms with Crippen LogP contribution in [0.5, 0.6) is 0 Å². The average molecular weight is 311 g/mol. The van der Waals surface area contributed by atoms with Gasteiger partial charge in [-0.3, -0.25) is 9.36 Å². The molecule has 0 bridgehead atoms. The summed E-state index contributed by atoms with van der Waals surface area (Å²) < 4.78 is 2.31. The van der Waals surface area contributed by atoms with Crippen molar-refractivity contribution in [2.75, 3.05) is 6.54 Å². The minimum atomic E-state index is -0.914. The SMILES string of the molecule is Cn1cnn(CC(=O)NCC(O)c2ccccc2Cl)c1=O. The van der Waals surface area contributed by atoms with Crippen LogP contribution in [0.4, 0.5) is 0 Å². The third-order valence-electron chi connectivity index (χ3n) is 2.94. The number of halogens is 1. The smallest absolute Gasteiger partial charge is 0.345 e. The normalized spacial score (nSPS) is 12.1. The van der Waals surface area contributed by atoms with Gasteiger partial charge < -0.3 is 10.4 Å². The number of hydrogen-bond acceptors (Lipinski definition) is 4. The predicted octanol–water partition coefficient (Wildman–Crippen LogP) is 0.0850. The monoisotopic (exact) mass is 310 g/mol. The van der Waals surface area contributed by atoms with E-state index in [9.17, 15) is 14.7 Å². The lowest BCUT2D eigenvalue weighted by atomic mass is 10.1. The minimum Gasteiger partial charge on any atom is -0.387 e. The summed E-state index contributed by atoms with van der Waals surface area (Å²) >= 11 is 5.96. The highest BCUT2D eigenvalue weighted by molar-refractivity contribution is 6.31. The van der Waals surface area contributed by atoms with Gasteiger partial charge in [-0.05, 0) is 6.07 Å². The summed E-state index contributed by atoms with van der Waals surface area (Å²) in [6.45, 7) is -0.195. The van der Waals surface area contributed by atoms with Gasteiger partial charge in [0, 0.05) is 24.2 Å². The molecule has 1 aromatic carbocycles. The molecule has 0 fully saturated rings. The summed E-state index contributed by atoms with van der Waals surface area (Å²) in [5.41, 5.74) is 0.159. The van der Waals surface area contributed by atoms with Gasteiger partial charge in [0.1, 0.15) is 12.9 Å². The van der Waals surface area contributed by atoms with E-state index >= 15 is 0 Å². The van der Waals surface area contributed by atoms with E-state index in [-0.39, 0.29) is 18.8 Å². The van der Waals surface area contributed by atoms with Crippen molar-refractivity contribution in [3.8, 4) is 0 Å². The Morgan fingerprint density at radius 1 is 1.48 bits per heavy atom. The molecule has 2 rings (SSSR count). The van der Waals surface area contributed by atoms with Gasteiger partial charge in [0.05, 0.1) is 6.10 Å². The van der Waals surface area contributed by atoms with Gasteiger partial charge in [-0.25, -0.2) is 9.48 Å². The van der Waals surface area contributed by atoms with E-state index in [0.29, 0.717) is 10.6 Å². The molecule has 7 nitrogen and oxygen atoms in total. The lowest BCUT2D eigenvalue weighted by Crippen LogP contribution is -2.35. The number of nitrogens with zero attached hydrogens (tertiary/aromatic N) is 3. The van der Waals surface area contributed by atoms with E-state index in [4.69, 9.17) is 11.6 Å². The molecular formula is C13H15ClN4O3. The molecule has 0 saturated carbocycles. The number of aryl methyl sites for hydroxylation is 1. The van der Waals surface area contributed by atoms with Crippen molar-refractivity contribution in [1.29, 1.82) is 0 Å². The maximum Gasteiger partial charge on any atom is 0.345 e. The van der Waals surface area contributed by atoms with Crippen LogP contribution in [0.25, 0.3) is 0 Å². The number of amides is 1. The second-order valence-corrected chi connectivity index (χ2v) is 4.93. The quantitative estimate of drug-likeness (QED) is 0.819. The highest BCUT2D eigenvalue weighted by Crippen LogP contribution is 2.21. The van der Waals surface area contributed by atoms with Crippen LogP contribution in [0, 0.1) is 0 Å². The fourth-order valence-corrected chi connectivity index (χ4v) is 2.05. The summed E-state index contributed by atoms with van der Waals surface area (Å²) in [5, 5.41) is 16.7. The van der Waals surface area contributed by atoms with Crippen LogP contribution in [0.1, 0.15) is 11.7 Å². The molecule has 0 aliphatic carbocycles. The van der Waals surface area contributed by atoms with Gasteiger partial charge in [-0.2, -0.15) is 5.10 Å². The van der Waals surface area contributed by atoms with Gasteiger partial charge in [0.25, 0.3) is 0 Å². The fourth-order valence-electron chi connectivity index (χ4n) is 1.79. The average Bonchev–Trinajstić information content (AvgIpc) is 2.77. The molecule has 0 aliphatic heterocycles. The first-order valence-corrected chi connectivity index (χ1v) is 6.64. The summed E-state index contributed by atoms with van der Waals surface area (Å²) in [6.07, 6.45) is 0.414. The third-order valence-corrected chi connectivity index (χ3v) is 3.28. The molecule has 0 aliphatic rings. The maximum absolute atomic E-state index is 11.7. The molecule has 1 aromatic heterocycles. The van der Waals surface area contributed by atoms with Crippen LogP contribution in [0.2, 0.25) is 5.02 Å². The predicted molar refractivity (Wildman–Crippen MR) is 76.9 cm³/mol. The molecule has 0 spiro atoms. The van der Waals surface area contributed by atoms with Crippen molar-refractivity contribution in [1.82, 2.24) is 19.7 Å². The van der Waals surface area contributed by atoms with Crippen LogP contribution in [-0.2, 0) is 18.4 Å². The number of carbonyl (C=O) groups excluding carboxylic acids is 1. The zero-order chi connectivity index (χ0) is 15.4. The minimum absolute atomic E-state index is 0.00412. The second kappa shape index (κ2) is 6.55. The van der Waals surface area contributed by atoms with Crippen molar-refractivity contribution in [3.63, 3.8) is 0 Å². The second-order valence-electron chi connectivity index (χ2n) is 4.52. The van der Waals surface area contributed by atoms with E-state index in [1.165, 1.54) is 10.9 Å². The molecule has 0 radical (unpaired) electrons. The summed E-state index contributed by atoms with van der Waals surface area (Å²) in [6, 6.07) is 6.85. The summed E-state index contributed by atoms with van der Waals surface area (Å²) in [7, 11) is 1.55. The van der Waals surface area contributed by atoms with Gasteiger partial charge in [0.15, 0.2) is 0 Å². The van der Waals surface area contributed by atoms with Crippen LogP contribution in [0.15, 0.2) is 35.4 Å². The zero-order valence-electron chi connectivity index (χ0n) is 11.4. The number of rotatable bonds is 5. The molecule has 1 amide bonds. The maximum atomic E-state index is 11.7. The molecule has 1 heterocycles. The van der Waals surface area contributed by atoms with Gasteiger partial charge in [-0.15, -0.1) is 0 Å². The first-order chi connectivity index (χ1) is 9.99. The summed E-state index contributed by atoms with van der Waals surface area (Å²) in [5.74, 6) is -0.415. The number of hydrogen-bond donors (Lipinski definition) is 2. The van der Waals surface area contributed by atoms with E-state index in [1.807, 2.05) is 0 Å². The van der Waals surface area contributed by atoms with E-state index in [1.54, 1.807) is 31.3 Å². The number of aromatic nitrogens is 3. The zero-order valence-corrected chi connectivity index (χ0v) is 12.1. The Morgan fingerprint density at radius 2 is 2.19 bits per heavy atom. The fraction of sp³-hybridized carbons (Fsp3) is 0.308. The molecular weight excluding hydrogens is 296 g/mol. The van der Waals surface area contributed by atoms with Gasteiger partial charge >= 0.3 is 5.69 Å². The Labute approximate surface area is 125 Å². The first kappa shape index (κ1) is 15.3. The molecule has 1 unspecified atom stereocenters. The molecule has 21 heavy (non-hydrogen) atoms. The topological polar surface area (TPSA) is 89.2 Å². The number of aliphatic hydroxyl groups is 1. The number of aliphatic hydroxyl groups excluding tert-OH is 1. The van der Waals surface area contributed by atoms with Crippen LogP contribution < -0.4 is 11.0 Å². The molecule has 0 saturated heterocycles. The van der Waals surface area contributed by atoms with Crippen molar-refractivity contribution in [2.24, 2.45) is 7.05 Å². The van der Waals surface area contributed by atoms with Crippen LogP contribution in [-0.4, -0.2) is 31.9 Å². The molecule has 112 valence electrons. The van der Waals surface area contributed by atoms with Crippen molar-refractivity contribution < 1.29 is 9.90 Å². The number of carbonyl (C=O) groups is 1. The first-order valence-electron chi connectivity index (χ1n) is 6.26. The standard InChI is InChI=1S/C13H15ClN4O3/c1-17-8-16-18(13(17)21)7-12(20)15-6-11(19)9-4-2-3-5-10(9)14/h2-5,8,11,19H,6-7H2,1H3,(H,15,20). The molecule has 2 N–H and O–H groups in total. The van der Waals surface area contributed by atoms with Crippen LogP contribution >= 0.6 is 11.6 Å². The van der Waals surface area contributed by atoms with Crippen molar-refractivity contribution >= 4 is 17.5 Å². The van der Waals surface area contributed by atoms with E-state index in [0.717, 1.165) is 4.68 Å². The third kappa shape index (κ3) is 3.71. The van der Waals surface area contributed by atoms with Crippen molar-refractivity contribution in [2.45, 2.75) is 12.6 Å². The highest BCUT2D eigenvalue weighted by atomic mass is 35.5. The van der Waals surface area contributed by atoms with E-state index < -0.39 is 12.0 Å². The Bertz CT molecular complexity index is 695. The largest absolute Gasteiger partial charge is 0.387 e.